The van der Waals surface area contributed by atoms with E-state index in [9.17, 15) is 13.6 Å². The number of nitrogens with one attached hydrogen (secondary N) is 1. The minimum Gasteiger partial charge on any atom is -0.478 e. The quantitative estimate of drug-likeness (QED) is 0.635. The van der Waals surface area contributed by atoms with Crippen molar-refractivity contribution in [3.8, 4) is 0 Å². The van der Waals surface area contributed by atoms with Gasteiger partial charge in [-0.25, -0.2) is 18.6 Å². The summed E-state index contributed by atoms with van der Waals surface area (Å²) in [5, 5.41) is 11.6. The third-order valence-corrected chi connectivity index (χ3v) is 1.92. The fraction of sp³-hybridized carbons (Fsp3) is 0.400. The van der Waals surface area contributed by atoms with Gasteiger partial charge in [-0.05, 0) is 6.07 Å². The average Bonchev–Trinajstić information content (AvgIpc) is 2.29. The summed E-state index contributed by atoms with van der Waals surface area (Å²) in [6, 6.07) is 1.26. The first-order chi connectivity index (χ1) is 8.50. The van der Waals surface area contributed by atoms with E-state index in [0.29, 0.717) is 0 Å². The van der Waals surface area contributed by atoms with Gasteiger partial charge >= 0.3 is 5.97 Å². The van der Waals surface area contributed by atoms with E-state index in [0.717, 1.165) is 0 Å². The minimum absolute atomic E-state index is 0.0233. The van der Waals surface area contributed by atoms with Crippen molar-refractivity contribution >= 4 is 17.5 Å². The molecule has 4 N–H and O–H groups in total. The Bertz CT molecular complexity index is 415. The molecule has 1 aromatic rings. The monoisotopic (exact) mass is 261 g/mol. The number of halogens is 2. The largest absolute Gasteiger partial charge is 0.478 e. The van der Waals surface area contributed by atoms with Gasteiger partial charge < -0.3 is 20.9 Å². The second kappa shape index (κ2) is 6.70. The summed E-state index contributed by atoms with van der Waals surface area (Å²) in [6.45, 7) is -0.456. The summed E-state index contributed by atoms with van der Waals surface area (Å²) in [4.78, 5) is 14.7. The molecule has 0 saturated heterocycles. The lowest BCUT2D eigenvalue weighted by molar-refractivity contribution is 0.0215. The second-order valence-corrected chi connectivity index (χ2v) is 3.36. The third kappa shape index (κ3) is 4.50. The molecule has 0 atom stereocenters. The van der Waals surface area contributed by atoms with Crippen LogP contribution in [0, 0.1) is 0 Å². The van der Waals surface area contributed by atoms with E-state index in [2.05, 4.69) is 15.0 Å². The number of aromatic carboxylic acids is 1. The van der Waals surface area contributed by atoms with Gasteiger partial charge in [0, 0.05) is 6.54 Å². The van der Waals surface area contributed by atoms with E-state index in [1.54, 1.807) is 0 Å². The van der Waals surface area contributed by atoms with Crippen molar-refractivity contribution in [1.29, 1.82) is 0 Å². The molecule has 1 rings (SSSR count). The Kier molecular flexibility index (Phi) is 5.25. The topological polar surface area (TPSA) is 97.5 Å². The molecule has 0 amide bonds. The van der Waals surface area contributed by atoms with Crippen LogP contribution in [0.5, 0.6) is 0 Å². The Morgan fingerprint density at radius 3 is 2.94 bits per heavy atom. The third-order valence-electron chi connectivity index (χ3n) is 1.92. The van der Waals surface area contributed by atoms with Gasteiger partial charge in [-0.1, -0.05) is 0 Å². The lowest BCUT2D eigenvalue weighted by atomic mass is 10.2. The molecule has 6 nitrogen and oxygen atoms in total. The molecule has 0 saturated carbocycles. The number of alkyl halides is 2. The Labute approximate surface area is 102 Å². The van der Waals surface area contributed by atoms with Gasteiger partial charge in [-0.2, -0.15) is 0 Å². The summed E-state index contributed by atoms with van der Waals surface area (Å²) >= 11 is 0. The van der Waals surface area contributed by atoms with Crippen molar-refractivity contribution in [3.63, 3.8) is 0 Å². The number of carbonyl (C=O) groups is 1. The fourth-order valence-electron chi connectivity index (χ4n) is 1.20. The van der Waals surface area contributed by atoms with Crippen molar-refractivity contribution in [1.82, 2.24) is 4.98 Å². The number of aromatic nitrogens is 1. The number of carboxylic acid groups (broad SMARTS) is 1. The standard InChI is InChI=1S/C10H13F2N3O3/c11-8(12)5-18-2-1-14-9-7(10(16)17)3-6(13)4-15-9/h3-4,8H,1-2,5,13H2,(H,14,15)(H,16,17). The van der Waals surface area contributed by atoms with Crippen molar-refractivity contribution < 1.29 is 23.4 Å². The first-order valence-electron chi connectivity index (χ1n) is 5.09. The minimum atomic E-state index is -2.52. The molecule has 0 fully saturated rings. The van der Waals surface area contributed by atoms with Gasteiger partial charge in [0.05, 0.1) is 18.5 Å². The van der Waals surface area contributed by atoms with Crippen LogP contribution in [0.1, 0.15) is 10.4 Å². The van der Waals surface area contributed by atoms with Crippen LogP contribution in [0.15, 0.2) is 12.3 Å². The van der Waals surface area contributed by atoms with E-state index in [4.69, 9.17) is 10.8 Å². The van der Waals surface area contributed by atoms with Crippen LogP contribution in [0.2, 0.25) is 0 Å². The summed E-state index contributed by atoms with van der Waals surface area (Å²) in [6.07, 6.45) is -1.22. The van der Waals surface area contributed by atoms with Crippen LogP contribution in [-0.2, 0) is 4.74 Å². The molecule has 0 aliphatic carbocycles. The number of hydrogen-bond donors (Lipinski definition) is 3. The molecule has 8 heteroatoms. The number of nitrogens with zero attached hydrogens (tertiary/aromatic N) is 1. The van der Waals surface area contributed by atoms with Crippen molar-refractivity contribution in [2.75, 3.05) is 30.8 Å². The molecule has 100 valence electrons. The van der Waals surface area contributed by atoms with E-state index >= 15 is 0 Å². The zero-order chi connectivity index (χ0) is 13.5. The Morgan fingerprint density at radius 1 is 1.61 bits per heavy atom. The molecular weight excluding hydrogens is 248 g/mol. The summed E-state index contributed by atoms with van der Waals surface area (Å²) < 4.78 is 28.1. The van der Waals surface area contributed by atoms with Crippen LogP contribution in [-0.4, -0.2) is 42.2 Å². The molecule has 0 radical (unpaired) electrons. The predicted octanol–water partition coefficient (Wildman–Crippen LogP) is 1.06. The van der Waals surface area contributed by atoms with E-state index in [-0.39, 0.29) is 30.2 Å². The highest BCUT2D eigenvalue weighted by Crippen LogP contribution is 2.15. The highest BCUT2D eigenvalue weighted by atomic mass is 19.3. The van der Waals surface area contributed by atoms with Crippen molar-refractivity contribution in [3.05, 3.63) is 17.8 Å². The van der Waals surface area contributed by atoms with Gasteiger partial charge in [0.15, 0.2) is 0 Å². The maximum absolute atomic E-state index is 11.8. The van der Waals surface area contributed by atoms with Gasteiger partial charge in [0.1, 0.15) is 18.0 Å². The Hall–Kier alpha value is -1.96. The molecule has 0 unspecified atom stereocenters. The van der Waals surface area contributed by atoms with Crippen molar-refractivity contribution in [2.24, 2.45) is 0 Å². The summed E-state index contributed by atoms with van der Waals surface area (Å²) in [5.74, 6) is -1.05. The summed E-state index contributed by atoms with van der Waals surface area (Å²) in [7, 11) is 0. The molecule has 0 aromatic carbocycles. The number of nitrogens with two attached hydrogens (primary N) is 1. The zero-order valence-corrected chi connectivity index (χ0v) is 9.40. The average molecular weight is 261 g/mol. The molecule has 1 aromatic heterocycles. The smallest absolute Gasteiger partial charge is 0.339 e. The number of ether oxygens (including phenoxy) is 1. The Morgan fingerprint density at radius 2 is 2.33 bits per heavy atom. The number of pyridine rings is 1. The maximum atomic E-state index is 11.8. The highest BCUT2D eigenvalue weighted by Gasteiger charge is 2.11. The molecule has 1 heterocycles. The molecular formula is C10H13F2N3O3. The molecule has 18 heavy (non-hydrogen) atoms. The maximum Gasteiger partial charge on any atom is 0.339 e. The van der Waals surface area contributed by atoms with Crippen LogP contribution in [0.3, 0.4) is 0 Å². The van der Waals surface area contributed by atoms with Gasteiger partial charge in [0.25, 0.3) is 6.43 Å². The lowest BCUT2D eigenvalue weighted by Crippen LogP contribution is -2.16. The van der Waals surface area contributed by atoms with Gasteiger partial charge in [-0.15, -0.1) is 0 Å². The number of hydrogen-bond acceptors (Lipinski definition) is 5. The van der Waals surface area contributed by atoms with Crippen LogP contribution < -0.4 is 11.1 Å². The number of carboxylic acids is 1. The number of rotatable bonds is 7. The normalized spacial score (nSPS) is 10.6. The van der Waals surface area contributed by atoms with Crippen LogP contribution in [0.25, 0.3) is 0 Å². The zero-order valence-electron chi connectivity index (χ0n) is 9.40. The molecule has 0 bridgehead atoms. The highest BCUT2D eigenvalue weighted by molar-refractivity contribution is 5.94. The van der Waals surface area contributed by atoms with Crippen molar-refractivity contribution in [2.45, 2.75) is 6.43 Å². The van der Waals surface area contributed by atoms with Crippen LogP contribution in [0.4, 0.5) is 20.3 Å². The van der Waals surface area contributed by atoms with Crippen LogP contribution >= 0.6 is 0 Å². The number of nitrogen functional groups attached to an aromatic ring is 1. The molecule has 0 aliphatic heterocycles. The first-order valence-corrected chi connectivity index (χ1v) is 5.09. The fourth-order valence-corrected chi connectivity index (χ4v) is 1.20. The Balaban J connectivity index is 2.49. The summed E-state index contributed by atoms with van der Waals surface area (Å²) in [5.41, 5.74) is 5.56. The van der Waals surface area contributed by atoms with Gasteiger partial charge in [-0.3, -0.25) is 0 Å². The number of anilines is 2. The van der Waals surface area contributed by atoms with E-state index in [1.807, 2.05) is 0 Å². The van der Waals surface area contributed by atoms with Gasteiger partial charge in [0.2, 0.25) is 0 Å². The predicted molar refractivity (Wildman–Crippen MR) is 60.9 cm³/mol. The van der Waals surface area contributed by atoms with E-state index < -0.39 is 19.0 Å². The van der Waals surface area contributed by atoms with E-state index in [1.165, 1.54) is 12.3 Å². The molecule has 0 spiro atoms. The SMILES string of the molecule is Nc1cnc(NCCOCC(F)F)c(C(=O)O)c1. The lowest BCUT2D eigenvalue weighted by Gasteiger charge is -2.09. The second-order valence-electron chi connectivity index (χ2n) is 3.36. The molecule has 0 aliphatic rings. The first kappa shape index (κ1) is 14.1.